The van der Waals surface area contributed by atoms with Gasteiger partial charge in [0.25, 0.3) is 5.56 Å². The molecule has 0 atom stereocenters. The SMILES string of the molecule is C=c1c(=O)[nH]c2n1Cc1c(ccc(F)c1OCCCC(=O)N(CCO)CCCCCC)N=2. The van der Waals surface area contributed by atoms with Crippen molar-refractivity contribution in [2.45, 2.75) is 52.0 Å². The van der Waals surface area contributed by atoms with E-state index in [1.807, 2.05) is 0 Å². The Kier molecular flexibility index (Phi) is 8.21. The quantitative estimate of drug-likeness (QED) is 0.413. The number of hydrogen-bond donors (Lipinski definition) is 2. The molecule has 0 radical (unpaired) electrons. The number of rotatable bonds is 12. The van der Waals surface area contributed by atoms with Gasteiger partial charge in [0.15, 0.2) is 11.6 Å². The number of nitrogens with one attached hydrogen (secondary N) is 1. The number of imidazole rings is 1. The van der Waals surface area contributed by atoms with Gasteiger partial charge >= 0.3 is 0 Å². The minimum Gasteiger partial charge on any atom is -0.490 e. The number of nitrogens with zero attached hydrogens (tertiary/aromatic N) is 3. The summed E-state index contributed by atoms with van der Waals surface area (Å²) in [7, 11) is 0. The topological polar surface area (TPSA) is 99.9 Å². The van der Waals surface area contributed by atoms with Crippen LogP contribution in [0.1, 0.15) is 51.0 Å². The normalized spacial score (nSPS) is 12.1. The van der Waals surface area contributed by atoms with Crippen LogP contribution in [-0.2, 0) is 11.3 Å². The summed E-state index contributed by atoms with van der Waals surface area (Å²) in [4.78, 5) is 33.0. The maximum absolute atomic E-state index is 14.5. The molecule has 32 heavy (non-hydrogen) atoms. The Morgan fingerprint density at radius 2 is 2.12 bits per heavy atom. The highest BCUT2D eigenvalue weighted by Gasteiger charge is 2.21. The molecule has 0 saturated carbocycles. The summed E-state index contributed by atoms with van der Waals surface area (Å²) in [5.74, 6) is -0.478. The van der Waals surface area contributed by atoms with Crippen LogP contribution >= 0.6 is 0 Å². The minimum absolute atomic E-state index is 0.0399. The lowest BCUT2D eigenvalue weighted by Crippen LogP contribution is -2.34. The van der Waals surface area contributed by atoms with E-state index in [4.69, 9.17) is 4.74 Å². The molecule has 1 aliphatic heterocycles. The summed E-state index contributed by atoms with van der Waals surface area (Å²) in [5, 5.41) is 9.49. The van der Waals surface area contributed by atoms with Crippen molar-refractivity contribution in [3.63, 3.8) is 0 Å². The van der Waals surface area contributed by atoms with E-state index in [1.54, 1.807) is 15.5 Å². The van der Waals surface area contributed by atoms with Crippen LogP contribution in [-0.4, -0.2) is 51.8 Å². The second kappa shape index (κ2) is 11.1. The van der Waals surface area contributed by atoms with E-state index in [1.165, 1.54) is 6.07 Å². The first-order chi connectivity index (χ1) is 15.5. The zero-order valence-electron chi connectivity index (χ0n) is 18.5. The third kappa shape index (κ3) is 5.45. The van der Waals surface area contributed by atoms with Gasteiger partial charge in [0.1, 0.15) is 5.35 Å². The molecule has 2 heterocycles. The predicted octanol–water partition coefficient (Wildman–Crippen LogP) is 1.60. The van der Waals surface area contributed by atoms with Crippen LogP contribution in [0.2, 0.25) is 0 Å². The van der Waals surface area contributed by atoms with Gasteiger partial charge in [0.05, 0.1) is 25.4 Å². The molecule has 0 aliphatic carbocycles. The molecule has 1 amide bonds. The van der Waals surface area contributed by atoms with Crippen molar-refractivity contribution in [1.82, 2.24) is 14.5 Å². The maximum Gasteiger partial charge on any atom is 0.274 e. The Morgan fingerprint density at radius 3 is 2.88 bits per heavy atom. The lowest BCUT2D eigenvalue weighted by molar-refractivity contribution is -0.132. The average molecular weight is 447 g/mol. The molecule has 3 rings (SSSR count). The van der Waals surface area contributed by atoms with Crippen LogP contribution in [0.3, 0.4) is 0 Å². The zero-order chi connectivity index (χ0) is 23.1. The number of aromatic amines is 1. The van der Waals surface area contributed by atoms with E-state index < -0.39 is 5.82 Å². The summed E-state index contributed by atoms with van der Waals surface area (Å²) in [5.41, 5.74) is 1.11. The first kappa shape index (κ1) is 23.7. The summed E-state index contributed by atoms with van der Waals surface area (Å²) < 4.78 is 21.8. The molecule has 174 valence electrons. The predicted molar refractivity (Wildman–Crippen MR) is 119 cm³/mol. The molecule has 0 unspecified atom stereocenters. The number of hydrogen-bond acceptors (Lipinski definition) is 5. The van der Waals surface area contributed by atoms with Gasteiger partial charge in [0, 0.05) is 25.1 Å². The van der Waals surface area contributed by atoms with Gasteiger partial charge < -0.3 is 19.3 Å². The molecule has 1 aromatic carbocycles. The molecule has 9 heteroatoms. The highest BCUT2D eigenvalue weighted by molar-refractivity contribution is 5.76. The van der Waals surface area contributed by atoms with Gasteiger partial charge in [0.2, 0.25) is 11.5 Å². The highest BCUT2D eigenvalue weighted by atomic mass is 19.1. The fourth-order valence-electron chi connectivity index (χ4n) is 3.79. The third-order valence-electron chi connectivity index (χ3n) is 5.58. The van der Waals surface area contributed by atoms with E-state index >= 15 is 0 Å². The molecule has 0 spiro atoms. The molecule has 2 N–H and O–H groups in total. The van der Waals surface area contributed by atoms with Gasteiger partial charge in [-0.15, -0.1) is 0 Å². The standard InChI is InChI=1S/C23H31FN4O4/c1-3-4-5-6-11-27(12-13-29)20(30)8-7-14-32-21-17-15-28-16(2)22(31)26-23(28)25-19(17)10-9-18(21)24/h9-10,29H,2-8,11-15H2,1H3,(H,25,26,31). The largest absolute Gasteiger partial charge is 0.490 e. The van der Waals surface area contributed by atoms with Crippen LogP contribution in [0.4, 0.5) is 10.1 Å². The van der Waals surface area contributed by atoms with Crippen LogP contribution in [0, 0.1) is 5.82 Å². The van der Waals surface area contributed by atoms with Gasteiger partial charge in [-0.1, -0.05) is 32.8 Å². The second-order valence-corrected chi connectivity index (χ2v) is 7.91. The van der Waals surface area contributed by atoms with Crippen molar-refractivity contribution in [2.75, 3.05) is 26.3 Å². The molecule has 1 aliphatic rings. The van der Waals surface area contributed by atoms with E-state index in [9.17, 15) is 19.1 Å². The summed E-state index contributed by atoms with van der Waals surface area (Å²) in [6.07, 6.45) is 4.90. The molecule has 2 aromatic rings. The van der Waals surface area contributed by atoms with Crippen LogP contribution < -0.4 is 21.3 Å². The Labute approximate surface area is 186 Å². The highest BCUT2D eigenvalue weighted by Crippen LogP contribution is 2.33. The van der Waals surface area contributed by atoms with Crippen molar-refractivity contribution in [3.8, 4) is 5.75 Å². The first-order valence-corrected chi connectivity index (χ1v) is 11.2. The number of amides is 1. The Hall–Kier alpha value is -2.94. The van der Waals surface area contributed by atoms with E-state index in [0.717, 1.165) is 25.7 Å². The Bertz CT molecular complexity index is 1110. The molecule has 0 fully saturated rings. The molecule has 0 saturated heterocycles. The van der Waals surface area contributed by atoms with Crippen molar-refractivity contribution in [1.29, 1.82) is 0 Å². The zero-order valence-corrected chi connectivity index (χ0v) is 18.5. The first-order valence-electron chi connectivity index (χ1n) is 11.2. The minimum atomic E-state index is -0.518. The number of halogens is 1. The number of carbonyl (C=O) groups excluding carboxylic acids is 1. The number of carbonyl (C=O) groups is 1. The van der Waals surface area contributed by atoms with Gasteiger partial charge in [-0.2, -0.15) is 0 Å². The number of H-pyrrole nitrogens is 1. The third-order valence-corrected chi connectivity index (χ3v) is 5.58. The van der Waals surface area contributed by atoms with Crippen molar-refractivity contribution in [3.05, 3.63) is 44.8 Å². The number of ether oxygens (including phenoxy) is 1. The van der Waals surface area contributed by atoms with Gasteiger partial charge in [-0.3, -0.25) is 14.6 Å². The van der Waals surface area contributed by atoms with E-state index in [2.05, 4.69) is 23.5 Å². The molecular formula is C23H31FN4O4. The van der Waals surface area contributed by atoms with E-state index in [-0.39, 0.29) is 48.7 Å². The van der Waals surface area contributed by atoms with Crippen molar-refractivity contribution >= 4 is 18.2 Å². The lowest BCUT2D eigenvalue weighted by Gasteiger charge is -2.22. The number of aliphatic hydroxyl groups is 1. The summed E-state index contributed by atoms with van der Waals surface area (Å²) in [6, 6.07) is 2.83. The number of fused-ring (bicyclic) bond motifs is 2. The fourth-order valence-corrected chi connectivity index (χ4v) is 3.79. The van der Waals surface area contributed by atoms with Gasteiger partial charge in [-0.25, -0.2) is 9.38 Å². The number of aliphatic hydroxyl groups excluding tert-OH is 1. The summed E-state index contributed by atoms with van der Waals surface area (Å²) >= 11 is 0. The van der Waals surface area contributed by atoms with Crippen LogP contribution in [0.15, 0.2) is 21.9 Å². The maximum atomic E-state index is 14.5. The smallest absolute Gasteiger partial charge is 0.274 e. The Balaban J connectivity index is 1.59. The number of benzene rings is 1. The Morgan fingerprint density at radius 1 is 1.31 bits per heavy atom. The fraction of sp³-hybridized carbons (Fsp3) is 0.522. The second-order valence-electron chi connectivity index (χ2n) is 7.91. The molecule has 8 nitrogen and oxygen atoms in total. The lowest BCUT2D eigenvalue weighted by atomic mass is 10.1. The van der Waals surface area contributed by atoms with Crippen LogP contribution in [0.5, 0.6) is 5.75 Å². The molecular weight excluding hydrogens is 415 g/mol. The molecule has 1 aromatic heterocycles. The summed E-state index contributed by atoms with van der Waals surface area (Å²) in [6.45, 7) is 7.14. The van der Waals surface area contributed by atoms with Crippen LogP contribution in [0.25, 0.3) is 6.58 Å². The van der Waals surface area contributed by atoms with Crippen molar-refractivity contribution in [2.24, 2.45) is 4.99 Å². The average Bonchev–Trinajstić information content (AvgIpc) is 3.06. The van der Waals surface area contributed by atoms with E-state index in [0.29, 0.717) is 36.4 Å². The van der Waals surface area contributed by atoms with Crippen molar-refractivity contribution < 1.29 is 19.0 Å². The van der Waals surface area contributed by atoms with Gasteiger partial charge in [-0.05, 0) is 25.0 Å². The number of unbranched alkanes of at least 4 members (excludes halogenated alkanes) is 3. The number of aromatic nitrogens is 2. The monoisotopic (exact) mass is 446 g/mol. The molecule has 0 bridgehead atoms.